The highest BCUT2D eigenvalue weighted by molar-refractivity contribution is 5.96. The minimum atomic E-state index is 0.0847. The predicted molar refractivity (Wildman–Crippen MR) is 95.8 cm³/mol. The Hall–Kier alpha value is -1.31. The summed E-state index contributed by atoms with van der Waals surface area (Å²) in [6.07, 6.45) is 11.7. The van der Waals surface area contributed by atoms with E-state index in [4.69, 9.17) is 0 Å². The Morgan fingerprint density at radius 1 is 1.39 bits per heavy atom. The van der Waals surface area contributed by atoms with Crippen molar-refractivity contribution in [2.45, 2.75) is 72.1 Å². The van der Waals surface area contributed by atoms with E-state index in [9.17, 15) is 4.79 Å². The van der Waals surface area contributed by atoms with Crippen molar-refractivity contribution in [1.82, 2.24) is 4.90 Å². The molecule has 1 aliphatic carbocycles. The van der Waals surface area contributed by atoms with Crippen molar-refractivity contribution in [3.63, 3.8) is 0 Å². The number of carbonyl (C=O) groups excluding carboxylic acids is 1. The van der Waals surface area contributed by atoms with Crippen LogP contribution in [0.4, 0.5) is 0 Å². The van der Waals surface area contributed by atoms with E-state index in [1.165, 1.54) is 48.9 Å². The highest BCUT2D eigenvalue weighted by Gasteiger charge is 2.41. The highest BCUT2D eigenvalue weighted by Crippen LogP contribution is 2.50. The lowest BCUT2D eigenvalue weighted by Gasteiger charge is -2.34. The Morgan fingerprint density at radius 2 is 2.17 bits per heavy atom. The average molecular weight is 313 g/mol. The first kappa shape index (κ1) is 16.5. The number of allylic oxidation sites excluding steroid dienone is 5. The van der Waals surface area contributed by atoms with Crippen molar-refractivity contribution in [3.05, 3.63) is 35.2 Å². The van der Waals surface area contributed by atoms with Gasteiger partial charge in [-0.3, -0.25) is 4.79 Å². The molecule has 0 spiro atoms. The van der Waals surface area contributed by atoms with Gasteiger partial charge in [0.05, 0.1) is 5.70 Å². The Kier molecular flexibility index (Phi) is 4.53. The zero-order chi connectivity index (χ0) is 16.6. The van der Waals surface area contributed by atoms with Crippen LogP contribution in [0, 0.1) is 11.3 Å². The van der Waals surface area contributed by atoms with E-state index < -0.39 is 0 Å². The molecule has 2 nitrogen and oxygen atoms in total. The van der Waals surface area contributed by atoms with E-state index in [2.05, 4.69) is 38.3 Å². The van der Waals surface area contributed by atoms with Gasteiger partial charge in [0.1, 0.15) is 0 Å². The van der Waals surface area contributed by atoms with Crippen LogP contribution in [0.2, 0.25) is 0 Å². The minimum absolute atomic E-state index is 0.0847. The van der Waals surface area contributed by atoms with Gasteiger partial charge in [0, 0.05) is 30.0 Å². The first-order valence-electron chi connectivity index (χ1n) is 9.37. The summed E-state index contributed by atoms with van der Waals surface area (Å²) in [7, 11) is 0. The summed E-state index contributed by atoms with van der Waals surface area (Å²) in [5.41, 5.74) is 5.01. The van der Waals surface area contributed by atoms with Gasteiger partial charge >= 0.3 is 0 Å². The van der Waals surface area contributed by atoms with Gasteiger partial charge in [0.2, 0.25) is 0 Å². The fourth-order valence-corrected chi connectivity index (χ4v) is 4.69. The highest BCUT2D eigenvalue weighted by atomic mass is 16.1. The van der Waals surface area contributed by atoms with Crippen LogP contribution < -0.4 is 0 Å². The molecule has 2 unspecified atom stereocenters. The zero-order valence-electron chi connectivity index (χ0n) is 15.1. The largest absolute Gasteiger partial charge is 0.343 e. The summed E-state index contributed by atoms with van der Waals surface area (Å²) in [5.74, 6) is 0.843. The van der Waals surface area contributed by atoms with Crippen LogP contribution in [0.3, 0.4) is 0 Å². The standard InChI is InChI=1S/C21H31NO/c1-5-6-7-8-17-10-12-22-16(3)20(23)13-18-15(2)9-11-21(18,4)14-19(17)22/h14,17H,3,5-13H2,1-2,4H3/b19-14-. The Morgan fingerprint density at radius 3 is 2.91 bits per heavy atom. The van der Waals surface area contributed by atoms with E-state index in [0.717, 1.165) is 25.1 Å². The molecule has 126 valence electrons. The lowest BCUT2D eigenvalue weighted by Crippen LogP contribution is -2.30. The second-order valence-electron chi connectivity index (χ2n) is 7.93. The van der Waals surface area contributed by atoms with E-state index in [0.29, 0.717) is 12.3 Å². The second-order valence-corrected chi connectivity index (χ2v) is 7.93. The number of rotatable bonds is 4. The topological polar surface area (TPSA) is 20.3 Å². The smallest absolute Gasteiger partial charge is 0.182 e. The van der Waals surface area contributed by atoms with Crippen molar-refractivity contribution in [3.8, 4) is 0 Å². The number of Topliss-reactive ketones (excluding diaryl/α,β-unsaturated/α-hetero) is 1. The summed E-state index contributed by atoms with van der Waals surface area (Å²) in [4.78, 5) is 14.9. The number of hydrogen-bond acceptors (Lipinski definition) is 2. The lowest BCUT2D eigenvalue weighted by molar-refractivity contribution is -0.116. The van der Waals surface area contributed by atoms with Gasteiger partial charge in [-0.1, -0.05) is 56.9 Å². The molecule has 1 fully saturated rings. The molecule has 3 aliphatic rings. The van der Waals surface area contributed by atoms with Crippen molar-refractivity contribution in [2.75, 3.05) is 6.54 Å². The number of carbonyl (C=O) groups is 1. The normalized spacial score (nSPS) is 33.3. The minimum Gasteiger partial charge on any atom is -0.343 e. The predicted octanol–water partition coefficient (Wildman–Crippen LogP) is 5.38. The molecule has 3 rings (SSSR count). The molecule has 0 saturated carbocycles. The molecule has 0 bridgehead atoms. The van der Waals surface area contributed by atoms with Crippen LogP contribution >= 0.6 is 0 Å². The van der Waals surface area contributed by atoms with Gasteiger partial charge in [-0.2, -0.15) is 0 Å². The third-order valence-electron chi connectivity index (χ3n) is 6.26. The molecule has 0 amide bonds. The molecule has 2 atom stereocenters. The number of fused-ring (bicyclic) bond motifs is 2. The maximum Gasteiger partial charge on any atom is 0.182 e. The number of hydrogen-bond donors (Lipinski definition) is 0. The number of nitrogens with zero attached hydrogens (tertiary/aromatic N) is 1. The van der Waals surface area contributed by atoms with Crippen LogP contribution in [0.1, 0.15) is 72.1 Å². The number of ketones is 1. The molecular weight excluding hydrogens is 282 g/mol. The van der Waals surface area contributed by atoms with Crippen LogP contribution in [0.25, 0.3) is 0 Å². The molecule has 0 aromatic heterocycles. The second kappa shape index (κ2) is 6.30. The van der Waals surface area contributed by atoms with Crippen molar-refractivity contribution in [2.24, 2.45) is 11.3 Å². The summed E-state index contributed by atoms with van der Waals surface area (Å²) in [6, 6.07) is 0. The lowest BCUT2D eigenvalue weighted by atomic mass is 9.77. The Labute approximate surface area is 141 Å². The summed E-state index contributed by atoms with van der Waals surface area (Å²) >= 11 is 0. The van der Waals surface area contributed by atoms with Crippen LogP contribution in [-0.4, -0.2) is 17.2 Å². The molecule has 0 aromatic carbocycles. The van der Waals surface area contributed by atoms with Crippen molar-refractivity contribution >= 4 is 5.78 Å². The maximum atomic E-state index is 12.7. The van der Waals surface area contributed by atoms with Gasteiger partial charge in [-0.15, -0.1) is 0 Å². The molecule has 0 aromatic rings. The number of unbranched alkanes of at least 4 members (excludes halogenated alkanes) is 2. The van der Waals surface area contributed by atoms with Gasteiger partial charge in [-0.05, 0) is 32.6 Å². The molecule has 2 heterocycles. The fourth-order valence-electron chi connectivity index (χ4n) is 4.69. The van der Waals surface area contributed by atoms with E-state index >= 15 is 0 Å². The fraction of sp³-hybridized carbons (Fsp3) is 0.667. The van der Waals surface area contributed by atoms with E-state index in [1.54, 1.807) is 0 Å². The third-order valence-corrected chi connectivity index (χ3v) is 6.26. The van der Waals surface area contributed by atoms with Gasteiger partial charge in [0.15, 0.2) is 5.78 Å². The summed E-state index contributed by atoms with van der Waals surface area (Å²) < 4.78 is 0. The quantitative estimate of drug-likeness (QED) is 0.395. The molecule has 1 saturated heterocycles. The molecule has 2 heteroatoms. The van der Waals surface area contributed by atoms with Crippen LogP contribution in [-0.2, 0) is 4.79 Å². The van der Waals surface area contributed by atoms with Crippen molar-refractivity contribution in [1.29, 1.82) is 0 Å². The molecule has 23 heavy (non-hydrogen) atoms. The van der Waals surface area contributed by atoms with Crippen LogP contribution in [0.5, 0.6) is 0 Å². The SMILES string of the molecule is C=C1C(=O)CC2=C(C)CCC2(C)/C=C2/C(CCCCC)CCN12. The molecule has 0 N–H and O–H groups in total. The van der Waals surface area contributed by atoms with Gasteiger partial charge in [0.25, 0.3) is 0 Å². The first-order valence-corrected chi connectivity index (χ1v) is 9.37. The summed E-state index contributed by atoms with van der Waals surface area (Å²) in [5, 5.41) is 0. The van der Waals surface area contributed by atoms with Crippen molar-refractivity contribution < 1.29 is 4.79 Å². The average Bonchev–Trinajstić information content (AvgIpc) is 3.02. The van der Waals surface area contributed by atoms with Gasteiger partial charge in [-0.25, -0.2) is 0 Å². The molecular formula is C21H31NO. The van der Waals surface area contributed by atoms with E-state index in [-0.39, 0.29) is 11.2 Å². The maximum absolute atomic E-state index is 12.7. The van der Waals surface area contributed by atoms with Gasteiger partial charge < -0.3 is 4.90 Å². The zero-order valence-corrected chi connectivity index (χ0v) is 15.1. The Bertz CT molecular complexity index is 583. The van der Waals surface area contributed by atoms with Crippen LogP contribution in [0.15, 0.2) is 35.2 Å². The first-order chi connectivity index (χ1) is 11.0. The monoisotopic (exact) mass is 313 g/mol. The van der Waals surface area contributed by atoms with E-state index in [1.807, 2.05) is 0 Å². The Balaban J connectivity index is 1.96. The summed E-state index contributed by atoms with van der Waals surface area (Å²) in [6.45, 7) is 11.9. The third kappa shape index (κ3) is 2.93. The molecule has 0 radical (unpaired) electrons. The molecule has 2 aliphatic heterocycles.